The third-order valence-corrected chi connectivity index (χ3v) is 3.85. The van der Waals surface area contributed by atoms with E-state index in [-0.39, 0.29) is 6.10 Å². The van der Waals surface area contributed by atoms with E-state index in [4.69, 9.17) is 14.7 Å². The summed E-state index contributed by atoms with van der Waals surface area (Å²) in [6, 6.07) is 6.23. The Labute approximate surface area is 140 Å². The van der Waals surface area contributed by atoms with Crippen molar-refractivity contribution in [3.63, 3.8) is 0 Å². The predicted octanol–water partition coefficient (Wildman–Crippen LogP) is 4.44. The summed E-state index contributed by atoms with van der Waals surface area (Å²) in [6.45, 7) is 5.05. The van der Waals surface area contributed by atoms with Gasteiger partial charge in [-0.1, -0.05) is 32.3 Å². The van der Waals surface area contributed by atoms with Gasteiger partial charge in [0.15, 0.2) is 17.7 Å². The van der Waals surface area contributed by atoms with E-state index < -0.39 is 0 Å². The lowest BCUT2D eigenvalue weighted by Gasteiger charge is -2.17. The second-order valence-electron chi connectivity index (χ2n) is 5.91. The molecule has 0 bridgehead atoms. The largest absolute Gasteiger partial charge is 0.493 e. The Morgan fingerprint density at radius 2 is 1.96 bits per heavy atom. The number of benzene rings is 1. The van der Waals surface area contributed by atoms with Crippen LogP contribution in [0.25, 0.3) is 0 Å². The summed E-state index contributed by atoms with van der Waals surface area (Å²) in [5, 5.41) is 11.1. The van der Waals surface area contributed by atoms with Crippen molar-refractivity contribution in [3.05, 3.63) is 23.8 Å². The lowest BCUT2D eigenvalue weighted by molar-refractivity contribution is 0.200. The number of hydrogen-bond acceptors (Lipinski definition) is 4. The smallest absolute Gasteiger partial charge is 0.176 e. The Morgan fingerprint density at radius 1 is 1.17 bits per heavy atom. The minimum atomic E-state index is 0.205. The summed E-state index contributed by atoms with van der Waals surface area (Å²) in [7, 11) is 1.68. The first-order valence-electron chi connectivity index (χ1n) is 8.66. The molecule has 0 saturated heterocycles. The average molecular weight is 318 g/mol. The molecule has 1 aromatic rings. The zero-order valence-electron chi connectivity index (χ0n) is 14.7. The summed E-state index contributed by atoms with van der Waals surface area (Å²) in [6.07, 6.45) is 9.91. The van der Waals surface area contributed by atoms with Gasteiger partial charge in [-0.25, -0.2) is 0 Å². The van der Waals surface area contributed by atoms with Gasteiger partial charge in [0.05, 0.1) is 13.2 Å². The minimum absolute atomic E-state index is 0.205. The fraction of sp³-hybridized carbons (Fsp3) is 0.632. The highest BCUT2D eigenvalue weighted by atomic mass is 16.5. The summed E-state index contributed by atoms with van der Waals surface area (Å²) in [5.41, 5.74) is 1.29. The number of nitrogens with zero attached hydrogens (tertiary/aromatic N) is 1. The highest BCUT2D eigenvalue weighted by Gasteiger charge is 2.09. The third kappa shape index (κ3) is 7.78. The van der Waals surface area contributed by atoms with Crippen LogP contribution >= 0.6 is 0 Å². The van der Waals surface area contributed by atoms with Crippen LogP contribution < -0.4 is 14.8 Å². The van der Waals surface area contributed by atoms with Gasteiger partial charge >= 0.3 is 0 Å². The van der Waals surface area contributed by atoms with Crippen molar-refractivity contribution < 1.29 is 9.47 Å². The molecule has 0 spiro atoms. The first-order valence-corrected chi connectivity index (χ1v) is 8.66. The van der Waals surface area contributed by atoms with E-state index in [1.54, 1.807) is 7.11 Å². The molecule has 0 aliphatic heterocycles. The van der Waals surface area contributed by atoms with E-state index >= 15 is 0 Å². The Kier molecular flexibility index (Phi) is 9.70. The van der Waals surface area contributed by atoms with Crippen LogP contribution in [0, 0.1) is 11.5 Å². The molecule has 4 heteroatoms. The molecule has 23 heavy (non-hydrogen) atoms. The number of aryl methyl sites for hydroxylation is 1. The molecule has 0 fully saturated rings. The van der Waals surface area contributed by atoms with E-state index in [0.29, 0.717) is 0 Å². The first-order chi connectivity index (χ1) is 11.2. The number of rotatable bonds is 12. The van der Waals surface area contributed by atoms with Crippen molar-refractivity contribution in [2.45, 2.75) is 64.9 Å². The van der Waals surface area contributed by atoms with Gasteiger partial charge in [0.1, 0.15) is 0 Å². The minimum Gasteiger partial charge on any atom is -0.493 e. The van der Waals surface area contributed by atoms with Crippen LogP contribution in [0.3, 0.4) is 0 Å². The van der Waals surface area contributed by atoms with Crippen molar-refractivity contribution in [1.82, 2.24) is 5.32 Å². The Morgan fingerprint density at radius 3 is 2.65 bits per heavy atom. The zero-order valence-corrected chi connectivity index (χ0v) is 14.7. The van der Waals surface area contributed by atoms with E-state index in [0.717, 1.165) is 56.6 Å². The van der Waals surface area contributed by atoms with Crippen LogP contribution in [0.5, 0.6) is 11.5 Å². The van der Waals surface area contributed by atoms with Crippen molar-refractivity contribution in [2.75, 3.05) is 13.7 Å². The second kappa shape index (κ2) is 11.6. The van der Waals surface area contributed by atoms with Gasteiger partial charge in [0.25, 0.3) is 0 Å². The SMILES string of the molecule is CCCC(C)Oc1cc(CCCCCCNC#N)ccc1OC. The molecule has 128 valence electrons. The maximum absolute atomic E-state index is 8.40. The molecule has 4 nitrogen and oxygen atoms in total. The van der Waals surface area contributed by atoms with Gasteiger partial charge in [0.2, 0.25) is 0 Å². The molecule has 0 saturated carbocycles. The number of hydrogen-bond donors (Lipinski definition) is 1. The predicted molar refractivity (Wildman–Crippen MR) is 93.8 cm³/mol. The number of methoxy groups -OCH3 is 1. The fourth-order valence-corrected chi connectivity index (χ4v) is 2.60. The molecule has 0 aliphatic carbocycles. The molecule has 1 rings (SSSR count). The van der Waals surface area contributed by atoms with Gasteiger partial charge in [-0.2, -0.15) is 5.26 Å². The Bertz CT molecular complexity index is 483. The van der Waals surface area contributed by atoms with E-state index in [1.807, 2.05) is 12.3 Å². The van der Waals surface area contributed by atoms with Crippen molar-refractivity contribution in [2.24, 2.45) is 0 Å². The van der Waals surface area contributed by atoms with Crippen LogP contribution in [0.4, 0.5) is 0 Å². The highest BCUT2D eigenvalue weighted by molar-refractivity contribution is 5.43. The second-order valence-corrected chi connectivity index (χ2v) is 5.91. The number of ether oxygens (including phenoxy) is 2. The van der Waals surface area contributed by atoms with Crippen LogP contribution in [0.1, 0.15) is 57.9 Å². The molecule has 0 aliphatic rings. The standard InChI is InChI=1S/C19H30N2O2/c1-4-9-16(2)23-19-14-17(11-12-18(19)22-3)10-7-5-6-8-13-21-15-20/h11-12,14,16,21H,4-10,13H2,1-3H3. The summed E-state index contributed by atoms with van der Waals surface area (Å²) in [5.74, 6) is 1.66. The number of nitrogens with one attached hydrogen (secondary N) is 1. The molecule has 0 amide bonds. The lowest BCUT2D eigenvalue weighted by atomic mass is 10.1. The molecular formula is C19H30N2O2. The molecule has 1 unspecified atom stereocenters. The molecule has 0 heterocycles. The zero-order chi connectivity index (χ0) is 16.9. The van der Waals surface area contributed by atoms with Gasteiger partial charge in [-0.05, 0) is 50.3 Å². The maximum Gasteiger partial charge on any atom is 0.176 e. The monoisotopic (exact) mass is 318 g/mol. The number of unbranched alkanes of at least 4 members (excludes halogenated alkanes) is 3. The van der Waals surface area contributed by atoms with Crippen LogP contribution in [0.2, 0.25) is 0 Å². The van der Waals surface area contributed by atoms with Gasteiger partial charge in [-0.3, -0.25) is 0 Å². The van der Waals surface area contributed by atoms with Gasteiger partial charge < -0.3 is 14.8 Å². The van der Waals surface area contributed by atoms with E-state index in [1.165, 1.54) is 12.0 Å². The lowest BCUT2D eigenvalue weighted by Crippen LogP contribution is -2.11. The van der Waals surface area contributed by atoms with Crippen LogP contribution in [-0.4, -0.2) is 19.8 Å². The molecular weight excluding hydrogens is 288 g/mol. The Hall–Kier alpha value is -1.89. The average Bonchev–Trinajstić information content (AvgIpc) is 2.54. The van der Waals surface area contributed by atoms with Crippen molar-refractivity contribution >= 4 is 0 Å². The van der Waals surface area contributed by atoms with Crippen LogP contribution in [-0.2, 0) is 6.42 Å². The fourth-order valence-electron chi connectivity index (χ4n) is 2.60. The number of nitriles is 1. The highest BCUT2D eigenvalue weighted by Crippen LogP contribution is 2.30. The van der Waals surface area contributed by atoms with Gasteiger partial charge in [-0.15, -0.1) is 0 Å². The van der Waals surface area contributed by atoms with Crippen molar-refractivity contribution in [1.29, 1.82) is 5.26 Å². The molecule has 0 aromatic heterocycles. The first kappa shape index (κ1) is 19.2. The quantitative estimate of drug-likeness (QED) is 0.352. The summed E-state index contributed by atoms with van der Waals surface area (Å²) >= 11 is 0. The van der Waals surface area contributed by atoms with Gasteiger partial charge in [0, 0.05) is 6.54 Å². The van der Waals surface area contributed by atoms with E-state index in [2.05, 4.69) is 31.3 Å². The summed E-state index contributed by atoms with van der Waals surface area (Å²) < 4.78 is 11.4. The topological polar surface area (TPSA) is 54.3 Å². The molecule has 1 atom stereocenters. The van der Waals surface area contributed by atoms with Crippen LogP contribution in [0.15, 0.2) is 18.2 Å². The Balaban J connectivity index is 2.45. The van der Waals surface area contributed by atoms with E-state index in [9.17, 15) is 0 Å². The normalized spacial score (nSPS) is 11.6. The maximum atomic E-state index is 8.40. The molecule has 1 N–H and O–H groups in total. The third-order valence-electron chi connectivity index (χ3n) is 3.85. The molecule has 1 aromatic carbocycles. The summed E-state index contributed by atoms with van der Waals surface area (Å²) in [4.78, 5) is 0. The van der Waals surface area contributed by atoms with Crippen molar-refractivity contribution in [3.8, 4) is 17.7 Å². The molecule has 0 radical (unpaired) electrons.